The molecule has 37 heavy (non-hydrogen) atoms. The Hall–Kier alpha value is -3.36. The van der Waals surface area contributed by atoms with Crippen LogP contribution in [0.5, 0.6) is 0 Å². The Kier molecular flexibility index (Phi) is 10.7. The number of hydrogen-bond acceptors (Lipinski definition) is 5. The summed E-state index contributed by atoms with van der Waals surface area (Å²) in [6.07, 6.45) is 3.70. The molecule has 0 spiro atoms. The zero-order chi connectivity index (χ0) is 27.8. The van der Waals surface area contributed by atoms with Gasteiger partial charge in [-0.1, -0.05) is 56.3 Å². The average Bonchev–Trinajstić information content (AvgIpc) is 3.25. The van der Waals surface area contributed by atoms with Crippen molar-refractivity contribution in [3.05, 3.63) is 48.0 Å². The van der Waals surface area contributed by atoms with Gasteiger partial charge in [-0.25, -0.2) is 4.79 Å². The molecule has 1 fully saturated rings. The number of nitrogens with zero attached hydrogens (tertiary/aromatic N) is 1. The van der Waals surface area contributed by atoms with Crippen molar-refractivity contribution < 1.29 is 29.0 Å². The fourth-order valence-electron chi connectivity index (χ4n) is 4.29. The van der Waals surface area contributed by atoms with Crippen LogP contribution in [0.4, 0.5) is 4.79 Å². The largest absolute Gasteiger partial charge is 0.481 e. The quantitative estimate of drug-likeness (QED) is 0.404. The second kappa shape index (κ2) is 13.3. The molecule has 9 heteroatoms. The van der Waals surface area contributed by atoms with E-state index in [4.69, 9.17) is 4.74 Å². The molecule has 0 radical (unpaired) electrons. The van der Waals surface area contributed by atoms with Gasteiger partial charge in [-0.2, -0.15) is 0 Å². The van der Waals surface area contributed by atoms with Crippen LogP contribution < -0.4 is 10.6 Å². The van der Waals surface area contributed by atoms with Crippen LogP contribution in [-0.4, -0.2) is 58.1 Å². The molecule has 1 aliphatic heterocycles. The van der Waals surface area contributed by atoms with Crippen molar-refractivity contribution in [2.24, 2.45) is 11.8 Å². The number of carbonyl (C=O) groups is 4. The van der Waals surface area contributed by atoms with Gasteiger partial charge in [0.25, 0.3) is 0 Å². The van der Waals surface area contributed by atoms with Gasteiger partial charge in [-0.3, -0.25) is 14.4 Å². The second-order valence-electron chi connectivity index (χ2n) is 10.8. The van der Waals surface area contributed by atoms with Crippen LogP contribution in [0.15, 0.2) is 42.5 Å². The SMILES string of the molecule is CC(C)[C@@H](C=C[C@@H]1CCCN1C(=O)[C@H](CC(=O)O)NC(=O)OC(C)(C)C)C(=O)N[C@H](C)c1ccccc1. The van der Waals surface area contributed by atoms with Crippen LogP contribution >= 0.6 is 0 Å². The van der Waals surface area contributed by atoms with E-state index in [0.717, 1.165) is 12.0 Å². The van der Waals surface area contributed by atoms with Gasteiger partial charge in [-0.05, 0) is 52.0 Å². The molecule has 9 nitrogen and oxygen atoms in total. The summed E-state index contributed by atoms with van der Waals surface area (Å²) in [7, 11) is 0. The van der Waals surface area contributed by atoms with Gasteiger partial charge < -0.3 is 25.4 Å². The first-order valence-corrected chi connectivity index (χ1v) is 12.8. The summed E-state index contributed by atoms with van der Waals surface area (Å²) in [4.78, 5) is 51.6. The van der Waals surface area contributed by atoms with Gasteiger partial charge >= 0.3 is 12.1 Å². The van der Waals surface area contributed by atoms with E-state index in [-0.39, 0.29) is 23.9 Å². The summed E-state index contributed by atoms with van der Waals surface area (Å²) in [5, 5.41) is 14.8. The number of aliphatic carboxylic acids is 1. The third kappa shape index (κ3) is 9.55. The number of alkyl carbamates (subject to hydrolysis) is 1. The third-order valence-electron chi connectivity index (χ3n) is 6.17. The molecule has 0 bridgehead atoms. The molecule has 204 valence electrons. The molecule has 0 unspecified atom stereocenters. The topological polar surface area (TPSA) is 125 Å². The lowest BCUT2D eigenvalue weighted by Gasteiger charge is -2.28. The zero-order valence-electron chi connectivity index (χ0n) is 22.7. The van der Waals surface area contributed by atoms with Crippen molar-refractivity contribution in [2.75, 3.05) is 6.54 Å². The van der Waals surface area contributed by atoms with Crippen molar-refractivity contribution in [2.45, 2.75) is 84.5 Å². The smallest absolute Gasteiger partial charge is 0.408 e. The predicted octanol–water partition coefficient (Wildman–Crippen LogP) is 4.05. The van der Waals surface area contributed by atoms with Gasteiger partial charge in [0, 0.05) is 6.54 Å². The van der Waals surface area contributed by atoms with E-state index in [1.807, 2.05) is 63.3 Å². The molecule has 0 aliphatic carbocycles. The molecule has 0 aromatic heterocycles. The van der Waals surface area contributed by atoms with E-state index in [2.05, 4.69) is 10.6 Å². The van der Waals surface area contributed by atoms with Gasteiger partial charge in [0.15, 0.2) is 0 Å². The number of amides is 3. The summed E-state index contributed by atoms with van der Waals surface area (Å²) >= 11 is 0. The summed E-state index contributed by atoms with van der Waals surface area (Å²) in [5.41, 5.74) is 0.224. The lowest BCUT2D eigenvalue weighted by molar-refractivity contribution is -0.142. The number of carboxylic acid groups (broad SMARTS) is 1. The first-order chi connectivity index (χ1) is 17.3. The number of carboxylic acids is 1. The van der Waals surface area contributed by atoms with Gasteiger partial charge in [-0.15, -0.1) is 0 Å². The minimum atomic E-state index is -1.25. The summed E-state index contributed by atoms with van der Waals surface area (Å²) in [6.45, 7) is 11.4. The number of rotatable bonds is 10. The fraction of sp³-hybridized carbons (Fsp3) is 0.571. The predicted molar refractivity (Wildman–Crippen MR) is 141 cm³/mol. The average molecular weight is 516 g/mol. The van der Waals surface area contributed by atoms with Crippen LogP contribution in [0, 0.1) is 11.8 Å². The van der Waals surface area contributed by atoms with Crippen molar-refractivity contribution >= 4 is 23.9 Å². The highest BCUT2D eigenvalue weighted by molar-refractivity contribution is 5.90. The number of carbonyl (C=O) groups excluding carboxylic acids is 3. The van der Waals surface area contributed by atoms with E-state index in [0.29, 0.717) is 13.0 Å². The monoisotopic (exact) mass is 515 g/mol. The highest BCUT2D eigenvalue weighted by Gasteiger charge is 2.35. The second-order valence-corrected chi connectivity index (χ2v) is 10.8. The Morgan fingerprint density at radius 2 is 1.76 bits per heavy atom. The Bertz CT molecular complexity index is 970. The van der Waals surface area contributed by atoms with Gasteiger partial charge in [0.1, 0.15) is 11.6 Å². The Labute approximate surface area is 219 Å². The zero-order valence-corrected chi connectivity index (χ0v) is 22.7. The van der Waals surface area contributed by atoms with Crippen LogP contribution in [0.2, 0.25) is 0 Å². The van der Waals surface area contributed by atoms with Crippen molar-refractivity contribution in [3.63, 3.8) is 0 Å². The number of hydrogen-bond donors (Lipinski definition) is 3. The number of nitrogens with one attached hydrogen (secondary N) is 2. The molecule has 1 heterocycles. The molecule has 4 atom stereocenters. The molecule has 1 aliphatic rings. The van der Waals surface area contributed by atoms with E-state index in [9.17, 15) is 24.3 Å². The maximum Gasteiger partial charge on any atom is 0.408 e. The summed E-state index contributed by atoms with van der Waals surface area (Å²) in [6, 6.07) is 8.01. The Balaban J connectivity index is 2.12. The molecule has 3 amide bonds. The first-order valence-electron chi connectivity index (χ1n) is 12.8. The number of benzene rings is 1. The summed E-state index contributed by atoms with van der Waals surface area (Å²) < 4.78 is 5.21. The molecule has 1 saturated heterocycles. The Morgan fingerprint density at radius 1 is 1.11 bits per heavy atom. The minimum absolute atomic E-state index is 0.0263. The van der Waals surface area contributed by atoms with Gasteiger partial charge in [0.2, 0.25) is 11.8 Å². The van der Waals surface area contributed by atoms with Crippen molar-refractivity contribution in [1.82, 2.24) is 15.5 Å². The minimum Gasteiger partial charge on any atom is -0.481 e. The summed E-state index contributed by atoms with van der Waals surface area (Å²) in [5.74, 6) is -2.17. The molecular formula is C28H41N3O6. The van der Waals surface area contributed by atoms with Crippen molar-refractivity contribution in [3.8, 4) is 0 Å². The van der Waals surface area contributed by atoms with Gasteiger partial charge in [0.05, 0.1) is 24.4 Å². The standard InChI is InChI=1S/C28H41N3O6/c1-18(2)22(25(34)29-19(3)20-11-8-7-9-12-20)15-14-21-13-10-16-31(21)26(35)23(17-24(32)33)30-27(36)37-28(4,5)6/h7-9,11-12,14-15,18-19,21-23H,10,13,16-17H2,1-6H3,(H,29,34)(H,30,36)(H,32,33)/t19-,21+,22-,23+/m1/s1. The van der Waals surface area contributed by atoms with Crippen LogP contribution in [-0.2, 0) is 19.1 Å². The van der Waals surface area contributed by atoms with E-state index < -0.39 is 42.0 Å². The molecule has 3 N–H and O–H groups in total. The third-order valence-corrected chi connectivity index (χ3v) is 6.17. The molecular weight excluding hydrogens is 474 g/mol. The molecule has 1 aromatic rings. The molecule has 2 rings (SSSR count). The van der Waals surface area contributed by atoms with E-state index in [1.54, 1.807) is 25.7 Å². The highest BCUT2D eigenvalue weighted by atomic mass is 16.6. The maximum absolute atomic E-state index is 13.3. The molecule has 0 saturated carbocycles. The highest BCUT2D eigenvalue weighted by Crippen LogP contribution is 2.23. The van der Waals surface area contributed by atoms with Crippen molar-refractivity contribution in [1.29, 1.82) is 0 Å². The van der Waals surface area contributed by atoms with Crippen LogP contribution in [0.1, 0.15) is 72.4 Å². The fourth-order valence-corrected chi connectivity index (χ4v) is 4.29. The van der Waals surface area contributed by atoms with Crippen LogP contribution in [0.3, 0.4) is 0 Å². The first kappa shape index (κ1) is 29.9. The lowest BCUT2D eigenvalue weighted by Crippen LogP contribution is -2.51. The molecule has 1 aromatic carbocycles. The number of likely N-dealkylation sites (tertiary alicyclic amines) is 1. The normalized spacial score (nSPS) is 18.4. The Morgan fingerprint density at radius 3 is 2.32 bits per heavy atom. The van der Waals surface area contributed by atoms with E-state index >= 15 is 0 Å². The maximum atomic E-state index is 13.3. The lowest BCUT2D eigenvalue weighted by atomic mass is 9.93. The van der Waals surface area contributed by atoms with Crippen LogP contribution in [0.25, 0.3) is 0 Å². The number of ether oxygens (including phenoxy) is 1. The van der Waals surface area contributed by atoms with E-state index in [1.165, 1.54) is 0 Å².